The van der Waals surface area contributed by atoms with Crippen LogP contribution in [0.2, 0.25) is 5.28 Å². The molecule has 0 aromatic carbocycles. The molecular formula is C14H18ClN3S2. The van der Waals surface area contributed by atoms with Gasteiger partial charge in [0.1, 0.15) is 10.6 Å². The first-order valence-electron chi connectivity index (χ1n) is 6.77. The summed E-state index contributed by atoms with van der Waals surface area (Å²) in [4.78, 5) is 13.5. The van der Waals surface area contributed by atoms with Gasteiger partial charge < -0.3 is 4.90 Å². The number of thiophene rings is 1. The number of hydrogen-bond donors (Lipinski definition) is 0. The Morgan fingerprint density at radius 3 is 2.90 bits per heavy atom. The molecule has 1 aliphatic heterocycles. The van der Waals surface area contributed by atoms with Gasteiger partial charge in [0, 0.05) is 28.5 Å². The molecule has 3 rings (SSSR count). The van der Waals surface area contributed by atoms with Gasteiger partial charge in [-0.25, -0.2) is 4.98 Å². The number of nitrogens with zero attached hydrogens (tertiary/aromatic N) is 3. The van der Waals surface area contributed by atoms with E-state index in [1.165, 1.54) is 4.88 Å². The van der Waals surface area contributed by atoms with Crippen molar-refractivity contribution in [2.24, 2.45) is 0 Å². The quantitative estimate of drug-likeness (QED) is 0.727. The van der Waals surface area contributed by atoms with Crippen molar-refractivity contribution in [2.75, 3.05) is 23.7 Å². The Balaban J connectivity index is 2.00. The molecule has 1 saturated heterocycles. The molecule has 0 saturated carbocycles. The number of aryl methyl sites for hydroxylation is 1. The van der Waals surface area contributed by atoms with E-state index >= 15 is 0 Å². The third-order valence-electron chi connectivity index (χ3n) is 3.61. The summed E-state index contributed by atoms with van der Waals surface area (Å²) >= 11 is 9.82. The molecule has 3 nitrogen and oxygen atoms in total. The van der Waals surface area contributed by atoms with Gasteiger partial charge in [0.05, 0.1) is 5.39 Å². The molecule has 0 aliphatic carbocycles. The maximum absolute atomic E-state index is 6.10. The molecule has 6 heteroatoms. The van der Waals surface area contributed by atoms with Gasteiger partial charge in [-0.05, 0) is 31.0 Å². The zero-order valence-corrected chi connectivity index (χ0v) is 14.3. The van der Waals surface area contributed by atoms with Gasteiger partial charge in [0.2, 0.25) is 5.28 Å². The highest BCUT2D eigenvalue weighted by molar-refractivity contribution is 8.00. The molecule has 0 N–H and O–H groups in total. The molecule has 0 bridgehead atoms. The Bertz CT molecular complexity index is 639. The second-order valence-corrected chi connectivity index (χ2v) is 9.11. The van der Waals surface area contributed by atoms with Crippen molar-refractivity contribution in [1.29, 1.82) is 0 Å². The van der Waals surface area contributed by atoms with Crippen molar-refractivity contribution >= 4 is 50.7 Å². The largest absolute Gasteiger partial charge is 0.355 e. The van der Waals surface area contributed by atoms with Crippen LogP contribution in [0.4, 0.5) is 5.82 Å². The topological polar surface area (TPSA) is 29.0 Å². The lowest BCUT2D eigenvalue weighted by Crippen LogP contribution is -2.28. The van der Waals surface area contributed by atoms with Gasteiger partial charge >= 0.3 is 0 Å². The smallest absolute Gasteiger partial charge is 0.225 e. The Hall–Kier alpha value is -0.520. The summed E-state index contributed by atoms with van der Waals surface area (Å²) in [5.41, 5.74) is 0. The number of aromatic nitrogens is 2. The van der Waals surface area contributed by atoms with Crippen LogP contribution >= 0.6 is 34.7 Å². The van der Waals surface area contributed by atoms with E-state index in [-0.39, 0.29) is 0 Å². The molecule has 1 aliphatic rings. The van der Waals surface area contributed by atoms with Crippen LogP contribution in [0.1, 0.15) is 25.1 Å². The maximum atomic E-state index is 6.10. The minimum atomic E-state index is 0.343. The summed E-state index contributed by atoms with van der Waals surface area (Å²) in [7, 11) is 0. The standard InChI is InChI=1S/C14H18ClN3S2/c1-9-8-10-11(16-13(15)17-12(10)20-9)18-5-4-14(2,3)19-7-6-18/h8H,4-7H2,1-3H3. The van der Waals surface area contributed by atoms with E-state index in [2.05, 4.69) is 41.7 Å². The van der Waals surface area contributed by atoms with Gasteiger partial charge in [0.25, 0.3) is 0 Å². The molecule has 2 aromatic heterocycles. The monoisotopic (exact) mass is 327 g/mol. The highest BCUT2D eigenvalue weighted by Crippen LogP contribution is 2.35. The first-order chi connectivity index (χ1) is 9.44. The normalized spacial score (nSPS) is 19.3. The number of rotatable bonds is 1. The van der Waals surface area contributed by atoms with E-state index in [1.807, 2.05) is 11.8 Å². The Morgan fingerprint density at radius 2 is 2.10 bits per heavy atom. The number of halogens is 1. The third kappa shape index (κ3) is 2.90. The molecule has 0 amide bonds. The zero-order valence-electron chi connectivity index (χ0n) is 11.9. The molecule has 0 spiro atoms. The molecule has 0 radical (unpaired) electrons. The van der Waals surface area contributed by atoms with E-state index < -0.39 is 0 Å². The average Bonchev–Trinajstić information content (AvgIpc) is 2.62. The summed E-state index contributed by atoms with van der Waals surface area (Å²) in [6.07, 6.45) is 1.16. The molecule has 0 atom stereocenters. The van der Waals surface area contributed by atoms with Crippen molar-refractivity contribution in [1.82, 2.24) is 9.97 Å². The van der Waals surface area contributed by atoms with E-state index in [4.69, 9.17) is 11.6 Å². The van der Waals surface area contributed by atoms with Crippen molar-refractivity contribution in [2.45, 2.75) is 31.9 Å². The van der Waals surface area contributed by atoms with Crippen molar-refractivity contribution in [3.8, 4) is 0 Å². The number of hydrogen-bond acceptors (Lipinski definition) is 5. The van der Waals surface area contributed by atoms with Crippen LogP contribution in [0.25, 0.3) is 10.2 Å². The van der Waals surface area contributed by atoms with Gasteiger partial charge in [-0.3, -0.25) is 0 Å². The average molecular weight is 328 g/mol. The highest BCUT2D eigenvalue weighted by Gasteiger charge is 2.25. The van der Waals surface area contributed by atoms with Crippen molar-refractivity contribution in [3.63, 3.8) is 0 Å². The lowest BCUT2D eigenvalue weighted by Gasteiger charge is -2.23. The van der Waals surface area contributed by atoms with Crippen LogP contribution in [0.3, 0.4) is 0 Å². The SMILES string of the molecule is Cc1cc2c(N3CCSC(C)(C)CC3)nc(Cl)nc2s1. The Morgan fingerprint density at radius 1 is 1.30 bits per heavy atom. The minimum absolute atomic E-state index is 0.343. The molecule has 1 fully saturated rings. The fourth-order valence-electron chi connectivity index (χ4n) is 2.47. The Kier molecular flexibility index (Phi) is 3.86. The lowest BCUT2D eigenvalue weighted by molar-refractivity contribution is 0.636. The summed E-state index contributed by atoms with van der Waals surface area (Å²) in [5, 5.41) is 1.49. The molecule has 0 unspecified atom stereocenters. The highest BCUT2D eigenvalue weighted by atomic mass is 35.5. The molecule has 2 aromatic rings. The second kappa shape index (κ2) is 5.35. The van der Waals surface area contributed by atoms with Crippen molar-refractivity contribution < 1.29 is 0 Å². The second-order valence-electron chi connectivity index (χ2n) is 5.74. The molecular weight excluding hydrogens is 310 g/mol. The summed E-state index contributed by atoms with van der Waals surface area (Å²) in [6.45, 7) is 8.78. The zero-order chi connectivity index (χ0) is 14.3. The fourth-order valence-corrected chi connectivity index (χ4v) is 4.66. The molecule has 108 valence electrons. The van der Waals surface area contributed by atoms with Gasteiger partial charge in [-0.1, -0.05) is 13.8 Å². The van der Waals surface area contributed by atoms with Crippen LogP contribution in [0.5, 0.6) is 0 Å². The van der Waals surface area contributed by atoms with Crippen LogP contribution in [0.15, 0.2) is 6.07 Å². The summed E-state index contributed by atoms with van der Waals surface area (Å²) in [6, 6.07) is 2.18. The maximum Gasteiger partial charge on any atom is 0.225 e. The predicted molar refractivity (Wildman–Crippen MR) is 90.5 cm³/mol. The van der Waals surface area contributed by atoms with E-state index in [1.54, 1.807) is 11.3 Å². The van der Waals surface area contributed by atoms with Crippen LogP contribution in [-0.4, -0.2) is 33.6 Å². The molecule has 3 heterocycles. The molecule has 20 heavy (non-hydrogen) atoms. The summed E-state index contributed by atoms with van der Waals surface area (Å²) < 4.78 is 0.343. The lowest BCUT2D eigenvalue weighted by atomic mass is 10.1. The minimum Gasteiger partial charge on any atom is -0.355 e. The first-order valence-corrected chi connectivity index (χ1v) is 8.95. The van der Waals surface area contributed by atoms with Crippen LogP contribution < -0.4 is 4.90 Å². The van der Waals surface area contributed by atoms with E-state index in [0.717, 1.165) is 41.3 Å². The number of anilines is 1. The van der Waals surface area contributed by atoms with Gasteiger partial charge in [-0.15, -0.1) is 11.3 Å². The number of thioether (sulfide) groups is 1. The van der Waals surface area contributed by atoms with E-state index in [9.17, 15) is 0 Å². The first kappa shape index (κ1) is 14.4. The Labute approximate surface area is 132 Å². The third-order valence-corrected chi connectivity index (χ3v) is 6.09. The predicted octanol–water partition coefficient (Wildman–Crippen LogP) is 4.38. The fraction of sp³-hybridized carbons (Fsp3) is 0.571. The van der Waals surface area contributed by atoms with Crippen LogP contribution in [0, 0.1) is 6.92 Å². The summed E-state index contributed by atoms with van der Waals surface area (Å²) in [5.74, 6) is 2.13. The van der Waals surface area contributed by atoms with Gasteiger partial charge in [0.15, 0.2) is 0 Å². The van der Waals surface area contributed by atoms with E-state index in [0.29, 0.717) is 10.0 Å². The van der Waals surface area contributed by atoms with Crippen LogP contribution in [-0.2, 0) is 0 Å². The number of fused-ring (bicyclic) bond motifs is 1. The van der Waals surface area contributed by atoms with Crippen molar-refractivity contribution in [3.05, 3.63) is 16.2 Å². The van der Waals surface area contributed by atoms with Gasteiger partial charge in [-0.2, -0.15) is 16.7 Å².